The second-order valence-corrected chi connectivity index (χ2v) is 5.57. The Balaban J connectivity index is 2.22. The molecule has 0 saturated carbocycles. The zero-order valence-corrected chi connectivity index (χ0v) is 13.0. The zero-order chi connectivity index (χ0) is 14.8. The van der Waals surface area contributed by atoms with Gasteiger partial charge in [0.15, 0.2) is 0 Å². The predicted molar refractivity (Wildman–Crippen MR) is 86.5 cm³/mol. The number of benzene rings is 1. The molecule has 7 nitrogen and oxygen atoms in total. The predicted octanol–water partition coefficient (Wildman–Crippen LogP) is 1.71. The third-order valence-corrected chi connectivity index (χ3v) is 3.46. The molecule has 21 heavy (non-hydrogen) atoms. The molecule has 0 spiro atoms. The maximum Gasteiger partial charge on any atom is 0.235 e. The van der Waals surface area contributed by atoms with Gasteiger partial charge in [-0.25, -0.2) is 15.0 Å². The van der Waals surface area contributed by atoms with Crippen molar-refractivity contribution in [2.24, 2.45) is 10.9 Å². The van der Waals surface area contributed by atoms with Crippen LogP contribution in [0.15, 0.2) is 41.8 Å². The highest BCUT2D eigenvalue weighted by molar-refractivity contribution is 14.1. The smallest absolute Gasteiger partial charge is 0.235 e. The highest BCUT2D eigenvalue weighted by Gasteiger charge is 2.15. The van der Waals surface area contributed by atoms with Crippen molar-refractivity contribution in [1.82, 2.24) is 19.5 Å². The molecule has 0 unspecified atom stereocenters. The molecule has 8 heteroatoms. The number of halogens is 1. The summed E-state index contributed by atoms with van der Waals surface area (Å²) in [7, 11) is 0. The van der Waals surface area contributed by atoms with Crippen LogP contribution in [0.2, 0.25) is 0 Å². The van der Waals surface area contributed by atoms with Crippen LogP contribution in [0.3, 0.4) is 0 Å². The molecule has 1 aromatic carbocycles. The van der Waals surface area contributed by atoms with Gasteiger partial charge in [0.25, 0.3) is 0 Å². The van der Waals surface area contributed by atoms with Gasteiger partial charge < -0.3 is 10.9 Å². The molecule has 3 N–H and O–H groups in total. The minimum Gasteiger partial charge on any atom is -0.409 e. The van der Waals surface area contributed by atoms with Gasteiger partial charge in [-0.1, -0.05) is 17.3 Å². The van der Waals surface area contributed by atoms with Crippen LogP contribution in [-0.4, -0.2) is 30.6 Å². The Morgan fingerprint density at radius 1 is 1.29 bits per heavy atom. The van der Waals surface area contributed by atoms with E-state index < -0.39 is 0 Å². The first kappa shape index (κ1) is 13.7. The average Bonchev–Trinajstić information content (AvgIpc) is 2.86. The van der Waals surface area contributed by atoms with Crippen LogP contribution in [0, 0.1) is 3.57 Å². The molecule has 0 saturated heterocycles. The van der Waals surface area contributed by atoms with E-state index in [-0.39, 0.29) is 12.3 Å². The van der Waals surface area contributed by atoms with Crippen LogP contribution >= 0.6 is 22.6 Å². The van der Waals surface area contributed by atoms with Gasteiger partial charge in [0.1, 0.15) is 11.7 Å². The first-order valence-corrected chi connectivity index (χ1v) is 7.17. The third-order valence-electron chi connectivity index (χ3n) is 2.90. The summed E-state index contributed by atoms with van der Waals surface area (Å²) >= 11 is 2.14. The number of hydrogen-bond acceptors (Lipinski definition) is 5. The summed E-state index contributed by atoms with van der Waals surface area (Å²) in [4.78, 5) is 13.2. The number of imidazole rings is 1. The van der Waals surface area contributed by atoms with Crippen molar-refractivity contribution in [2.75, 3.05) is 0 Å². The van der Waals surface area contributed by atoms with Crippen molar-refractivity contribution in [3.63, 3.8) is 0 Å². The number of aromatic nitrogens is 4. The Labute approximate surface area is 133 Å². The summed E-state index contributed by atoms with van der Waals surface area (Å²) in [5, 5.41) is 11.8. The van der Waals surface area contributed by atoms with E-state index >= 15 is 0 Å². The summed E-state index contributed by atoms with van der Waals surface area (Å²) < 4.78 is 2.75. The lowest BCUT2D eigenvalue weighted by Gasteiger charge is -2.06. The Hall–Kier alpha value is -2.23. The van der Waals surface area contributed by atoms with E-state index in [1.807, 2.05) is 28.8 Å². The number of amidine groups is 1. The second kappa shape index (κ2) is 5.64. The van der Waals surface area contributed by atoms with Crippen molar-refractivity contribution >= 4 is 39.5 Å². The molecule has 0 amide bonds. The number of nitrogens with two attached hydrogens (primary N) is 1. The molecule has 2 aromatic heterocycles. The van der Waals surface area contributed by atoms with Gasteiger partial charge in [0.05, 0.1) is 17.5 Å². The Kier molecular flexibility index (Phi) is 3.69. The van der Waals surface area contributed by atoms with Crippen molar-refractivity contribution in [1.29, 1.82) is 0 Å². The Morgan fingerprint density at radius 2 is 2.00 bits per heavy atom. The lowest BCUT2D eigenvalue weighted by molar-refractivity contribution is 0.317. The summed E-state index contributed by atoms with van der Waals surface area (Å²) in [6, 6.07) is 7.65. The van der Waals surface area contributed by atoms with Gasteiger partial charge in [-0.15, -0.1) is 0 Å². The number of oxime groups is 1. The summed E-state index contributed by atoms with van der Waals surface area (Å²) in [5.41, 5.74) is 7.28. The summed E-state index contributed by atoms with van der Waals surface area (Å²) in [6.45, 7) is 0. The topological polar surface area (TPSA) is 102 Å². The van der Waals surface area contributed by atoms with Gasteiger partial charge in [-0.3, -0.25) is 4.57 Å². The molecule has 0 atom stereocenters. The molecule has 0 bridgehead atoms. The van der Waals surface area contributed by atoms with Crippen molar-refractivity contribution < 1.29 is 5.21 Å². The number of hydrogen-bond donors (Lipinski definition) is 2. The van der Waals surface area contributed by atoms with E-state index in [2.05, 4.69) is 42.7 Å². The number of fused-ring (bicyclic) bond motifs is 1. The first-order valence-electron chi connectivity index (χ1n) is 6.09. The van der Waals surface area contributed by atoms with E-state index in [0.29, 0.717) is 11.8 Å². The normalized spacial score (nSPS) is 12.0. The minimum atomic E-state index is 0.0806. The zero-order valence-electron chi connectivity index (χ0n) is 10.8. The van der Waals surface area contributed by atoms with Gasteiger partial charge in [-0.2, -0.15) is 0 Å². The molecular weight excluding hydrogens is 383 g/mol. The van der Waals surface area contributed by atoms with Crippen LogP contribution in [0.4, 0.5) is 0 Å². The fraction of sp³-hybridized carbons (Fsp3) is 0.0769. The molecule has 0 fully saturated rings. The van der Waals surface area contributed by atoms with E-state index in [1.54, 1.807) is 12.4 Å². The maximum atomic E-state index is 8.76. The molecule has 0 aliphatic heterocycles. The highest BCUT2D eigenvalue weighted by Crippen LogP contribution is 2.19. The third kappa shape index (κ3) is 2.66. The first-order chi connectivity index (χ1) is 10.2. The van der Waals surface area contributed by atoms with E-state index in [9.17, 15) is 0 Å². The second-order valence-electron chi connectivity index (χ2n) is 4.32. The molecular formula is C13H11IN6O. The lowest BCUT2D eigenvalue weighted by Crippen LogP contribution is -2.18. The number of para-hydroxylation sites is 2. The summed E-state index contributed by atoms with van der Waals surface area (Å²) in [5.74, 6) is 1.20. The largest absolute Gasteiger partial charge is 0.409 e. The minimum absolute atomic E-state index is 0.0806. The van der Waals surface area contributed by atoms with Gasteiger partial charge >= 0.3 is 0 Å². The summed E-state index contributed by atoms with van der Waals surface area (Å²) in [6.07, 6.45) is 3.66. The van der Waals surface area contributed by atoms with Crippen LogP contribution < -0.4 is 5.73 Å². The van der Waals surface area contributed by atoms with Gasteiger partial charge in [0, 0.05) is 16.0 Å². The molecule has 106 valence electrons. The van der Waals surface area contributed by atoms with Crippen LogP contribution in [-0.2, 0) is 6.42 Å². The van der Waals surface area contributed by atoms with E-state index in [4.69, 9.17) is 10.9 Å². The van der Waals surface area contributed by atoms with Crippen LogP contribution in [0.5, 0.6) is 0 Å². The van der Waals surface area contributed by atoms with Crippen molar-refractivity contribution in [3.05, 3.63) is 46.1 Å². The quantitative estimate of drug-likeness (QED) is 0.232. The van der Waals surface area contributed by atoms with Gasteiger partial charge in [0.2, 0.25) is 5.95 Å². The SMILES string of the molecule is N/C(Cc1nc2ccccc2n1-c1ncc(I)cn1)=N/O. The highest BCUT2D eigenvalue weighted by atomic mass is 127. The van der Waals surface area contributed by atoms with Gasteiger partial charge in [-0.05, 0) is 34.7 Å². The van der Waals surface area contributed by atoms with Crippen LogP contribution in [0.25, 0.3) is 17.0 Å². The van der Waals surface area contributed by atoms with E-state index in [1.165, 1.54) is 0 Å². The van der Waals surface area contributed by atoms with Crippen molar-refractivity contribution in [2.45, 2.75) is 6.42 Å². The molecule has 2 heterocycles. The fourth-order valence-corrected chi connectivity index (χ4v) is 2.31. The Bertz CT molecular complexity index is 811. The number of rotatable bonds is 3. The standard InChI is InChI=1S/C13H11IN6O/c14-8-6-16-13(17-7-8)20-10-4-2-1-3-9(10)18-12(20)5-11(15)19-21/h1-4,6-7,21H,5H2,(H2,15,19). The monoisotopic (exact) mass is 394 g/mol. The molecule has 0 radical (unpaired) electrons. The number of nitrogens with zero attached hydrogens (tertiary/aromatic N) is 5. The average molecular weight is 394 g/mol. The fourth-order valence-electron chi connectivity index (χ4n) is 2.04. The van der Waals surface area contributed by atoms with E-state index in [0.717, 1.165) is 14.6 Å². The maximum absolute atomic E-state index is 8.76. The Morgan fingerprint density at radius 3 is 2.71 bits per heavy atom. The molecule has 0 aliphatic rings. The van der Waals surface area contributed by atoms with Crippen LogP contribution in [0.1, 0.15) is 5.82 Å². The van der Waals surface area contributed by atoms with Crippen molar-refractivity contribution in [3.8, 4) is 5.95 Å². The molecule has 3 aromatic rings. The molecule has 0 aliphatic carbocycles. The molecule has 3 rings (SSSR count). The lowest BCUT2D eigenvalue weighted by atomic mass is 10.3.